The van der Waals surface area contributed by atoms with Gasteiger partial charge in [0.2, 0.25) is 0 Å². The third-order valence-corrected chi connectivity index (χ3v) is 6.70. The highest BCUT2D eigenvalue weighted by atomic mass is 32.2. The third-order valence-electron chi connectivity index (χ3n) is 5.14. The summed E-state index contributed by atoms with van der Waals surface area (Å²) in [6.45, 7) is 6.95. The van der Waals surface area contributed by atoms with Gasteiger partial charge in [0.25, 0.3) is 0 Å². The van der Waals surface area contributed by atoms with Gasteiger partial charge < -0.3 is 20.7 Å². The van der Waals surface area contributed by atoms with Crippen LogP contribution in [0.3, 0.4) is 0 Å². The minimum Gasteiger partial charge on any atom is -0.387 e. The summed E-state index contributed by atoms with van der Waals surface area (Å²) >= 11 is 0. The smallest absolute Gasteiger partial charge is 0.338 e. The molecule has 0 bridgehead atoms. The average molecular weight is 442 g/mol. The summed E-state index contributed by atoms with van der Waals surface area (Å²) in [7, 11) is -4.05. The molecule has 2 aromatic rings. The lowest BCUT2D eigenvalue weighted by atomic mass is 9.92. The monoisotopic (exact) mass is 442 g/mol. The van der Waals surface area contributed by atoms with E-state index in [4.69, 9.17) is 14.7 Å². The fourth-order valence-corrected chi connectivity index (χ4v) is 4.63. The van der Waals surface area contributed by atoms with Crippen LogP contribution in [0.5, 0.6) is 0 Å². The van der Waals surface area contributed by atoms with Crippen LogP contribution in [0.1, 0.15) is 26.5 Å². The van der Waals surface area contributed by atoms with Gasteiger partial charge in [-0.2, -0.15) is 12.7 Å². The van der Waals surface area contributed by atoms with Gasteiger partial charge in [-0.15, -0.1) is 6.58 Å². The topological polar surface area (TPSA) is 166 Å². The van der Waals surface area contributed by atoms with E-state index in [2.05, 4.69) is 21.5 Å². The second kappa shape index (κ2) is 8.53. The predicted octanol–water partition coefficient (Wildman–Crippen LogP) is -0.423. The van der Waals surface area contributed by atoms with Crippen LogP contribution in [-0.2, 0) is 19.2 Å². The van der Waals surface area contributed by atoms with Crippen molar-refractivity contribution in [2.45, 2.75) is 44.3 Å². The summed E-state index contributed by atoms with van der Waals surface area (Å²) in [5.41, 5.74) is 4.85. The van der Waals surface area contributed by atoms with Gasteiger partial charge in [-0.05, 0) is 6.42 Å². The average Bonchev–Trinajstić information content (AvgIpc) is 3.24. The number of imidazole rings is 1. The largest absolute Gasteiger partial charge is 0.387 e. The van der Waals surface area contributed by atoms with E-state index in [-0.39, 0.29) is 25.3 Å². The Kier molecular flexibility index (Phi) is 6.40. The minimum absolute atomic E-state index is 0.0270. The molecule has 2 aromatic heterocycles. The summed E-state index contributed by atoms with van der Waals surface area (Å²) in [6.07, 6.45) is 0.0799. The van der Waals surface area contributed by atoms with Gasteiger partial charge in [-0.25, -0.2) is 15.0 Å². The van der Waals surface area contributed by atoms with E-state index in [9.17, 15) is 18.6 Å². The molecule has 3 heterocycles. The van der Waals surface area contributed by atoms with Gasteiger partial charge in [0.15, 0.2) is 17.7 Å². The van der Waals surface area contributed by atoms with Crippen LogP contribution in [0.25, 0.3) is 11.2 Å². The second-order valence-electron chi connectivity index (χ2n) is 6.89. The fraction of sp³-hybridized carbons (Fsp3) is 0.588. The number of hydrogen-bond acceptors (Lipinski definition) is 10. The maximum atomic E-state index is 12.4. The van der Waals surface area contributed by atoms with E-state index in [1.54, 1.807) is 13.8 Å². The van der Waals surface area contributed by atoms with Gasteiger partial charge in [0.05, 0.1) is 12.9 Å². The van der Waals surface area contributed by atoms with E-state index in [0.29, 0.717) is 11.2 Å². The molecule has 1 aliphatic heterocycles. The quantitative estimate of drug-likeness (QED) is 0.434. The van der Waals surface area contributed by atoms with E-state index in [0.717, 1.165) is 4.31 Å². The van der Waals surface area contributed by atoms with E-state index in [1.165, 1.54) is 23.3 Å². The first kappa shape index (κ1) is 22.5. The number of ether oxygens (including phenoxy) is 1. The van der Waals surface area contributed by atoms with Gasteiger partial charge >= 0.3 is 10.3 Å². The SMILES string of the molecule is C=CC[C@@]1(COS(=O)(=O)N(CC)CC)O[C@@H](n2cnc3c(N)ncnc32)[C@H](O)[C@@H]1O. The van der Waals surface area contributed by atoms with Crippen molar-refractivity contribution in [3.05, 3.63) is 25.3 Å². The number of nitrogens with zero attached hydrogens (tertiary/aromatic N) is 5. The van der Waals surface area contributed by atoms with Crippen molar-refractivity contribution in [3.8, 4) is 0 Å². The molecular formula is C17H26N6O6S. The first-order chi connectivity index (χ1) is 14.2. The lowest BCUT2D eigenvalue weighted by Crippen LogP contribution is -2.48. The van der Waals surface area contributed by atoms with Crippen LogP contribution < -0.4 is 5.73 Å². The predicted molar refractivity (Wildman–Crippen MR) is 107 cm³/mol. The first-order valence-electron chi connectivity index (χ1n) is 9.43. The molecule has 1 aliphatic rings. The summed E-state index contributed by atoms with van der Waals surface area (Å²) in [6, 6.07) is 0. The Hall–Kier alpha value is -2.16. The van der Waals surface area contributed by atoms with Crippen molar-refractivity contribution in [1.29, 1.82) is 0 Å². The normalized spacial score (nSPS) is 27.2. The molecule has 1 saturated heterocycles. The molecule has 0 spiro atoms. The Morgan fingerprint density at radius 1 is 1.37 bits per heavy atom. The standard InChI is InChI=1S/C17H26N6O6S/c1-4-7-17(8-28-30(26,27)22(5-2)6-3)13(25)12(24)16(29-17)23-10-21-11-14(18)19-9-20-15(11)23/h4,9-10,12-13,16,24-25H,1,5-8H2,2-3H3,(H2,18,19,20)/t12-,13+,16-,17+/m1/s1. The molecule has 166 valence electrons. The van der Waals surface area contributed by atoms with Crippen molar-refractivity contribution in [2.24, 2.45) is 0 Å². The summed E-state index contributed by atoms with van der Waals surface area (Å²) in [5.74, 6) is 0.151. The van der Waals surface area contributed by atoms with Gasteiger partial charge in [-0.3, -0.25) is 8.75 Å². The number of nitrogens with two attached hydrogens (primary N) is 1. The number of nitrogen functional groups attached to an aromatic ring is 1. The zero-order valence-electron chi connectivity index (χ0n) is 16.7. The lowest BCUT2D eigenvalue weighted by molar-refractivity contribution is -0.120. The zero-order chi connectivity index (χ0) is 22.1. The van der Waals surface area contributed by atoms with Gasteiger partial charge in [0, 0.05) is 13.1 Å². The van der Waals surface area contributed by atoms with Crippen molar-refractivity contribution >= 4 is 27.3 Å². The Morgan fingerprint density at radius 2 is 2.07 bits per heavy atom. The van der Waals surface area contributed by atoms with E-state index >= 15 is 0 Å². The highest BCUT2D eigenvalue weighted by molar-refractivity contribution is 7.84. The number of aliphatic hydroxyl groups excluding tert-OH is 2. The lowest BCUT2D eigenvalue weighted by Gasteiger charge is -2.31. The van der Waals surface area contributed by atoms with Crippen LogP contribution in [0.2, 0.25) is 0 Å². The Bertz CT molecular complexity index is 1010. The van der Waals surface area contributed by atoms with Crippen LogP contribution in [0.15, 0.2) is 25.3 Å². The van der Waals surface area contributed by atoms with Crippen LogP contribution in [0, 0.1) is 0 Å². The Morgan fingerprint density at radius 3 is 2.70 bits per heavy atom. The Labute approximate surface area is 174 Å². The number of fused-ring (bicyclic) bond motifs is 1. The molecule has 4 atom stereocenters. The van der Waals surface area contributed by atoms with Crippen LogP contribution >= 0.6 is 0 Å². The maximum absolute atomic E-state index is 12.4. The maximum Gasteiger partial charge on any atom is 0.338 e. The molecule has 0 saturated carbocycles. The second-order valence-corrected chi connectivity index (χ2v) is 8.50. The molecule has 3 rings (SSSR count). The van der Waals surface area contributed by atoms with Crippen molar-refractivity contribution in [2.75, 3.05) is 25.4 Å². The molecule has 0 radical (unpaired) electrons. The number of aliphatic hydroxyl groups is 2. The Balaban J connectivity index is 1.92. The van der Waals surface area contributed by atoms with Crippen molar-refractivity contribution < 1.29 is 27.6 Å². The third kappa shape index (κ3) is 3.79. The van der Waals surface area contributed by atoms with Gasteiger partial charge in [-0.1, -0.05) is 19.9 Å². The summed E-state index contributed by atoms with van der Waals surface area (Å²) in [5, 5.41) is 21.5. The highest BCUT2D eigenvalue weighted by Gasteiger charge is 2.55. The van der Waals surface area contributed by atoms with Crippen molar-refractivity contribution in [1.82, 2.24) is 23.8 Å². The molecule has 12 nitrogen and oxygen atoms in total. The molecule has 4 N–H and O–H groups in total. The van der Waals surface area contributed by atoms with Crippen molar-refractivity contribution in [3.63, 3.8) is 0 Å². The molecule has 0 amide bonds. The van der Waals surface area contributed by atoms with E-state index < -0.39 is 40.9 Å². The number of anilines is 1. The number of rotatable bonds is 9. The number of hydrogen-bond donors (Lipinski definition) is 3. The molecule has 30 heavy (non-hydrogen) atoms. The minimum atomic E-state index is -4.05. The molecule has 0 aliphatic carbocycles. The highest BCUT2D eigenvalue weighted by Crippen LogP contribution is 2.41. The van der Waals surface area contributed by atoms with E-state index in [1.807, 2.05) is 0 Å². The zero-order valence-corrected chi connectivity index (χ0v) is 17.6. The fourth-order valence-electron chi connectivity index (χ4n) is 3.50. The molecule has 0 unspecified atom stereocenters. The van der Waals surface area contributed by atoms with Crippen LogP contribution in [-0.4, -0.2) is 80.0 Å². The number of aromatic nitrogens is 4. The molecule has 1 fully saturated rings. The first-order valence-corrected chi connectivity index (χ1v) is 10.8. The molecule has 13 heteroatoms. The van der Waals surface area contributed by atoms with Gasteiger partial charge in [0.1, 0.15) is 29.7 Å². The summed E-state index contributed by atoms with van der Waals surface area (Å²) in [4.78, 5) is 12.1. The molecular weight excluding hydrogens is 416 g/mol. The molecule has 0 aromatic carbocycles. The van der Waals surface area contributed by atoms with Crippen LogP contribution in [0.4, 0.5) is 5.82 Å². The summed E-state index contributed by atoms with van der Waals surface area (Å²) < 4.78 is 38.6.